The topological polar surface area (TPSA) is 57.8 Å². The van der Waals surface area contributed by atoms with E-state index < -0.39 is 0 Å². The molecule has 3 fully saturated rings. The summed E-state index contributed by atoms with van der Waals surface area (Å²) in [6, 6.07) is 6.35. The average Bonchev–Trinajstić information content (AvgIpc) is 3.01. The van der Waals surface area contributed by atoms with Crippen LogP contribution in [0.25, 0.3) is 11.3 Å². The first kappa shape index (κ1) is 18.4. The predicted octanol–water partition coefficient (Wildman–Crippen LogP) is 5.13. The smallest absolute Gasteiger partial charge is 0.269 e. The molecular weight excluding hydrogens is 414 g/mol. The van der Waals surface area contributed by atoms with Gasteiger partial charge in [-0.05, 0) is 79.4 Å². The van der Waals surface area contributed by atoms with Crippen LogP contribution in [-0.2, 0) is 12.8 Å². The Morgan fingerprint density at radius 1 is 1.32 bits per heavy atom. The number of rotatable bonds is 3. The second-order valence-electron chi connectivity index (χ2n) is 9.49. The Morgan fingerprint density at radius 3 is 2.96 bits per heavy atom. The van der Waals surface area contributed by atoms with Crippen LogP contribution >= 0.6 is 15.9 Å². The number of H-pyrrole nitrogens is 1. The Bertz CT molecular complexity index is 930. The molecule has 4 nitrogen and oxygen atoms in total. The molecule has 1 aromatic carbocycles. The van der Waals surface area contributed by atoms with Gasteiger partial charge in [-0.1, -0.05) is 35.8 Å². The number of aromatic amines is 1. The minimum Gasteiger partial charge on any atom is -0.350 e. The molecule has 0 aliphatic heterocycles. The molecule has 3 unspecified atom stereocenters. The maximum absolute atomic E-state index is 13.0. The number of aromatic nitrogens is 2. The molecule has 1 amide bonds. The number of benzene rings is 1. The third-order valence-corrected chi connectivity index (χ3v) is 8.31. The Kier molecular flexibility index (Phi) is 4.42. The fourth-order valence-electron chi connectivity index (χ4n) is 5.99. The number of aryl methyl sites for hydroxylation is 1. The van der Waals surface area contributed by atoms with E-state index in [9.17, 15) is 4.79 Å². The number of nitrogens with zero attached hydrogens (tertiary/aromatic N) is 1. The molecule has 5 heteroatoms. The van der Waals surface area contributed by atoms with Crippen LogP contribution < -0.4 is 5.32 Å². The Hall–Kier alpha value is -1.62. The van der Waals surface area contributed by atoms with E-state index in [0.29, 0.717) is 17.0 Å². The van der Waals surface area contributed by atoms with Crippen molar-refractivity contribution >= 4 is 21.8 Å². The fourth-order valence-corrected chi connectivity index (χ4v) is 6.40. The average molecular weight is 442 g/mol. The lowest BCUT2D eigenvalue weighted by Crippen LogP contribution is -2.54. The van der Waals surface area contributed by atoms with Crippen LogP contribution in [0.4, 0.5) is 0 Å². The van der Waals surface area contributed by atoms with Gasteiger partial charge < -0.3 is 5.32 Å². The summed E-state index contributed by atoms with van der Waals surface area (Å²) in [4.78, 5) is 13.0. The Morgan fingerprint density at radius 2 is 2.18 bits per heavy atom. The molecule has 0 saturated heterocycles. The number of carbonyl (C=O) groups excluding carboxylic acids is 1. The first-order valence-electron chi connectivity index (χ1n) is 10.6. The molecule has 3 atom stereocenters. The first-order chi connectivity index (χ1) is 13.4. The van der Waals surface area contributed by atoms with Gasteiger partial charge in [-0.15, -0.1) is 0 Å². The highest BCUT2D eigenvalue weighted by Crippen LogP contribution is 2.61. The summed E-state index contributed by atoms with van der Waals surface area (Å²) in [6.07, 6.45) is 6.86. The highest BCUT2D eigenvalue weighted by molar-refractivity contribution is 9.10. The molecule has 3 saturated carbocycles. The van der Waals surface area contributed by atoms with E-state index in [-0.39, 0.29) is 5.91 Å². The highest BCUT2D eigenvalue weighted by atomic mass is 79.9. The predicted molar refractivity (Wildman–Crippen MR) is 114 cm³/mol. The van der Waals surface area contributed by atoms with Gasteiger partial charge in [0.2, 0.25) is 0 Å². The molecule has 0 spiro atoms. The summed E-state index contributed by atoms with van der Waals surface area (Å²) in [5.41, 5.74) is 5.59. The number of hydrogen-bond acceptors (Lipinski definition) is 2. The lowest BCUT2D eigenvalue weighted by Gasteiger charge is -2.60. The molecule has 148 valence electrons. The quantitative estimate of drug-likeness (QED) is 0.693. The van der Waals surface area contributed by atoms with Gasteiger partial charge in [0.1, 0.15) is 5.69 Å². The monoisotopic (exact) mass is 441 g/mol. The van der Waals surface area contributed by atoms with Gasteiger partial charge in [-0.3, -0.25) is 9.89 Å². The Balaban J connectivity index is 1.34. The van der Waals surface area contributed by atoms with E-state index in [2.05, 4.69) is 63.5 Å². The lowest BCUT2D eigenvalue weighted by atomic mass is 9.45. The van der Waals surface area contributed by atoms with E-state index in [0.717, 1.165) is 58.9 Å². The zero-order valence-electron chi connectivity index (χ0n) is 16.6. The number of hydrogen-bond donors (Lipinski definition) is 2. The van der Waals surface area contributed by atoms with E-state index in [1.807, 2.05) is 0 Å². The second-order valence-corrected chi connectivity index (χ2v) is 10.4. The normalized spacial score (nSPS) is 27.2. The van der Waals surface area contributed by atoms with Crippen molar-refractivity contribution in [2.45, 2.75) is 52.4 Å². The van der Waals surface area contributed by atoms with E-state index >= 15 is 0 Å². The molecule has 4 aliphatic carbocycles. The van der Waals surface area contributed by atoms with Gasteiger partial charge in [0.15, 0.2) is 0 Å². The number of fused-ring (bicyclic) bond motifs is 5. The van der Waals surface area contributed by atoms with Gasteiger partial charge in [0, 0.05) is 22.1 Å². The second kappa shape index (κ2) is 6.72. The molecule has 1 heterocycles. The van der Waals surface area contributed by atoms with Gasteiger partial charge in [0.05, 0.1) is 5.69 Å². The number of amides is 1. The molecular formula is C23H28BrN3O. The number of carbonyl (C=O) groups is 1. The van der Waals surface area contributed by atoms with E-state index in [4.69, 9.17) is 0 Å². The van der Waals surface area contributed by atoms with Crippen molar-refractivity contribution in [2.24, 2.45) is 23.2 Å². The standard InChI is InChI=1S/C23H28BrN3O/c1-23(2)15-7-6-14(19(23)11-15)12-25-22(28)21-18-5-3-4-13-10-16(24)8-9-17(13)20(18)26-27-21/h8-10,14-15,19H,3-7,11-12H2,1-2H3,(H,25,28)(H,26,27). The Labute approximate surface area is 175 Å². The maximum Gasteiger partial charge on any atom is 0.269 e. The fraction of sp³-hybridized carbons (Fsp3) is 0.565. The van der Waals surface area contributed by atoms with Crippen LogP contribution in [0, 0.1) is 23.2 Å². The third-order valence-electron chi connectivity index (χ3n) is 7.82. The maximum atomic E-state index is 13.0. The van der Waals surface area contributed by atoms with Gasteiger partial charge in [-0.25, -0.2) is 0 Å². The van der Waals surface area contributed by atoms with Crippen LogP contribution in [0.3, 0.4) is 0 Å². The zero-order chi connectivity index (χ0) is 19.5. The van der Waals surface area contributed by atoms with E-state index in [1.165, 1.54) is 24.8 Å². The number of halogens is 1. The van der Waals surface area contributed by atoms with Crippen LogP contribution in [-0.4, -0.2) is 22.6 Å². The summed E-state index contributed by atoms with van der Waals surface area (Å²) >= 11 is 3.57. The highest BCUT2D eigenvalue weighted by Gasteiger charge is 2.53. The molecule has 2 aromatic rings. The molecule has 6 rings (SSSR count). The number of nitrogens with one attached hydrogen (secondary N) is 2. The zero-order valence-corrected chi connectivity index (χ0v) is 18.2. The first-order valence-corrected chi connectivity index (χ1v) is 11.4. The minimum absolute atomic E-state index is 0.00793. The van der Waals surface area contributed by atoms with Gasteiger partial charge in [0.25, 0.3) is 5.91 Å². The molecule has 28 heavy (non-hydrogen) atoms. The van der Waals surface area contributed by atoms with Crippen molar-refractivity contribution in [3.8, 4) is 11.3 Å². The van der Waals surface area contributed by atoms with Crippen LogP contribution in [0.2, 0.25) is 0 Å². The van der Waals surface area contributed by atoms with Crippen molar-refractivity contribution in [3.05, 3.63) is 39.5 Å². The summed E-state index contributed by atoms with van der Waals surface area (Å²) in [5.74, 6) is 2.28. The van der Waals surface area contributed by atoms with Crippen LogP contribution in [0.1, 0.15) is 61.1 Å². The summed E-state index contributed by atoms with van der Waals surface area (Å²) in [5, 5.41) is 10.8. The van der Waals surface area contributed by atoms with Gasteiger partial charge >= 0.3 is 0 Å². The summed E-state index contributed by atoms with van der Waals surface area (Å²) in [7, 11) is 0. The third kappa shape index (κ3) is 2.85. The lowest BCUT2D eigenvalue weighted by molar-refractivity contribution is -0.103. The summed E-state index contributed by atoms with van der Waals surface area (Å²) < 4.78 is 1.09. The van der Waals surface area contributed by atoms with Gasteiger partial charge in [-0.2, -0.15) is 5.10 Å². The molecule has 4 aliphatic rings. The van der Waals surface area contributed by atoms with E-state index in [1.54, 1.807) is 0 Å². The van der Waals surface area contributed by atoms with Crippen molar-refractivity contribution in [3.63, 3.8) is 0 Å². The SMILES string of the molecule is CC1(C)C2CCC(CNC(=O)c3[nH]nc4c3CCCc3cc(Br)ccc3-4)C1C2. The molecule has 2 N–H and O–H groups in total. The van der Waals surface area contributed by atoms with Crippen LogP contribution in [0.15, 0.2) is 22.7 Å². The van der Waals surface area contributed by atoms with Crippen molar-refractivity contribution in [2.75, 3.05) is 6.54 Å². The largest absolute Gasteiger partial charge is 0.350 e. The molecule has 2 bridgehead atoms. The molecule has 1 aromatic heterocycles. The van der Waals surface area contributed by atoms with Crippen LogP contribution in [0.5, 0.6) is 0 Å². The van der Waals surface area contributed by atoms with Crippen molar-refractivity contribution in [1.29, 1.82) is 0 Å². The van der Waals surface area contributed by atoms with Crippen molar-refractivity contribution in [1.82, 2.24) is 15.5 Å². The molecule has 0 radical (unpaired) electrons. The summed E-state index contributed by atoms with van der Waals surface area (Å²) in [6.45, 7) is 5.60. The minimum atomic E-state index is 0.00793. The van der Waals surface area contributed by atoms with Crippen molar-refractivity contribution < 1.29 is 4.79 Å².